The average Bonchev–Trinajstić information content (AvgIpc) is 2.16. The zero-order valence-corrected chi connectivity index (χ0v) is 8.98. The highest BCUT2D eigenvalue weighted by Crippen LogP contribution is 1.83. The first-order valence-electron chi connectivity index (χ1n) is 4.71. The lowest BCUT2D eigenvalue weighted by atomic mass is 10.5. The molecule has 0 heterocycles. The van der Waals surface area contributed by atoms with Crippen molar-refractivity contribution < 1.29 is 24.8 Å². The van der Waals surface area contributed by atoms with Crippen LogP contribution in [0.15, 0.2) is 0 Å². The molecule has 0 rings (SSSR count). The van der Waals surface area contributed by atoms with Gasteiger partial charge in [0.05, 0.1) is 45.7 Å². The second-order valence-corrected chi connectivity index (χ2v) is 2.70. The van der Waals surface area contributed by atoms with Crippen molar-refractivity contribution in [2.75, 3.05) is 39.6 Å². The molecule has 0 aromatic carbocycles. The highest BCUT2D eigenvalue weighted by atomic mass is 16.5. The van der Waals surface area contributed by atoms with Crippen molar-refractivity contribution in [3.63, 3.8) is 0 Å². The normalized spacial score (nSPS) is 9.86. The number of hydrogen-bond acceptors (Lipinski definition) is 5. The second kappa shape index (κ2) is 15.3. The summed E-state index contributed by atoms with van der Waals surface area (Å²) in [6.45, 7) is 5.16. The minimum Gasteiger partial charge on any atom is -0.394 e. The fourth-order valence-corrected chi connectivity index (χ4v) is 0.520. The van der Waals surface area contributed by atoms with Crippen molar-refractivity contribution in [3.8, 4) is 0 Å². The number of ether oxygens (including phenoxy) is 2. The van der Waals surface area contributed by atoms with Crippen LogP contribution >= 0.6 is 0 Å². The minimum atomic E-state index is 0.0278. The van der Waals surface area contributed by atoms with Gasteiger partial charge in [0.25, 0.3) is 0 Å². The number of hydrogen-bond donors (Lipinski definition) is 3. The zero-order chi connectivity index (χ0) is 11.2. The molecule has 0 aliphatic rings. The third kappa shape index (κ3) is 22.6. The van der Waals surface area contributed by atoms with Gasteiger partial charge < -0.3 is 24.8 Å². The summed E-state index contributed by atoms with van der Waals surface area (Å²) in [4.78, 5) is 0. The van der Waals surface area contributed by atoms with Crippen LogP contribution in [0.3, 0.4) is 0 Å². The van der Waals surface area contributed by atoms with Crippen molar-refractivity contribution in [2.45, 2.75) is 20.0 Å². The maximum atomic E-state index is 8.19. The average molecular weight is 210 g/mol. The maximum Gasteiger partial charge on any atom is 0.0701 e. The Labute approximate surface area is 85.3 Å². The summed E-state index contributed by atoms with van der Waals surface area (Å²) >= 11 is 0. The highest BCUT2D eigenvalue weighted by Gasteiger charge is 1.87. The summed E-state index contributed by atoms with van der Waals surface area (Å²) in [6.07, 6.45) is 0.243. The van der Waals surface area contributed by atoms with E-state index in [1.807, 2.05) is 13.8 Å². The van der Waals surface area contributed by atoms with Crippen molar-refractivity contribution >= 4 is 0 Å². The number of aliphatic hydroxyl groups is 3. The molecular formula is C9H22O5. The molecule has 0 amide bonds. The van der Waals surface area contributed by atoms with E-state index >= 15 is 0 Å². The Kier molecular flexibility index (Phi) is 17.7. The van der Waals surface area contributed by atoms with Gasteiger partial charge in [-0.25, -0.2) is 0 Å². The molecule has 0 bridgehead atoms. The molecule has 0 spiro atoms. The molecule has 88 valence electrons. The van der Waals surface area contributed by atoms with Gasteiger partial charge in [-0.3, -0.25) is 0 Å². The van der Waals surface area contributed by atoms with Crippen LogP contribution in [-0.2, 0) is 9.47 Å². The van der Waals surface area contributed by atoms with E-state index in [0.717, 1.165) is 0 Å². The second-order valence-electron chi connectivity index (χ2n) is 2.70. The molecule has 0 aliphatic heterocycles. The van der Waals surface area contributed by atoms with E-state index in [0.29, 0.717) is 19.8 Å². The Hall–Kier alpha value is -0.200. The van der Waals surface area contributed by atoms with Gasteiger partial charge in [-0.15, -0.1) is 0 Å². The van der Waals surface area contributed by atoms with Crippen molar-refractivity contribution in [1.29, 1.82) is 0 Å². The fraction of sp³-hybridized carbons (Fsp3) is 1.00. The molecule has 0 aromatic rings. The number of rotatable bonds is 7. The lowest BCUT2D eigenvalue weighted by molar-refractivity contribution is 0.0494. The molecule has 0 radical (unpaired) electrons. The molecule has 0 unspecified atom stereocenters. The molecule has 0 atom stereocenters. The standard InChI is InChI=1S/C5H12O2.C4H10O3/c1-5(2)7-4-3-6;5-1-3-7-4-2-6/h5-6H,3-4H2,1-2H3;5-6H,1-4H2. The van der Waals surface area contributed by atoms with Crippen LogP contribution in [0, 0.1) is 0 Å². The largest absolute Gasteiger partial charge is 0.394 e. The van der Waals surface area contributed by atoms with Gasteiger partial charge in [-0.1, -0.05) is 0 Å². The van der Waals surface area contributed by atoms with Crippen molar-refractivity contribution in [1.82, 2.24) is 0 Å². The van der Waals surface area contributed by atoms with Crippen LogP contribution < -0.4 is 0 Å². The Morgan fingerprint density at radius 1 is 0.857 bits per heavy atom. The van der Waals surface area contributed by atoms with E-state index in [-0.39, 0.29) is 25.9 Å². The molecule has 5 nitrogen and oxygen atoms in total. The van der Waals surface area contributed by atoms with Crippen LogP contribution in [0.5, 0.6) is 0 Å². The zero-order valence-electron chi connectivity index (χ0n) is 8.98. The van der Waals surface area contributed by atoms with Gasteiger partial charge in [0.15, 0.2) is 0 Å². The summed E-state index contributed by atoms with van der Waals surface area (Å²) in [5.74, 6) is 0. The maximum absolute atomic E-state index is 8.19. The molecule has 0 saturated heterocycles. The van der Waals surface area contributed by atoms with E-state index in [4.69, 9.17) is 20.1 Å². The van der Waals surface area contributed by atoms with Gasteiger partial charge in [-0.05, 0) is 13.8 Å². The monoisotopic (exact) mass is 210 g/mol. The highest BCUT2D eigenvalue weighted by molar-refractivity contribution is 4.33. The lowest BCUT2D eigenvalue weighted by Gasteiger charge is -2.02. The Balaban J connectivity index is 0. The Bertz CT molecular complexity index is 83.3. The van der Waals surface area contributed by atoms with E-state index < -0.39 is 0 Å². The molecule has 3 N–H and O–H groups in total. The molecule has 0 aromatic heterocycles. The molecular weight excluding hydrogens is 188 g/mol. The molecule has 0 aliphatic carbocycles. The third-order valence-corrected chi connectivity index (χ3v) is 1.01. The lowest BCUT2D eigenvalue weighted by Crippen LogP contribution is -2.06. The smallest absolute Gasteiger partial charge is 0.0701 e. The van der Waals surface area contributed by atoms with Crippen LogP contribution in [0.25, 0.3) is 0 Å². The summed E-state index contributed by atoms with van der Waals surface area (Å²) in [5, 5.41) is 24.4. The summed E-state index contributed by atoms with van der Waals surface area (Å²) in [7, 11) is 0. The molecule has 14 heavy (non-hydrogen) atoms. The van der Waals surface area contributed by atoms with Gasteiger partial charge in [0.1, 0.15) is 0 Å². The first kappa shape index (κ1) is 16.2. The van der Waals surface area contributed by atoms with E-state index in [1.165, 1.54) is 0 Å². The van der Waals surface area contributed by atoms with Gasteiger partial charge in [-0.2, -0.15) is 0 Å². The van der Waals surface area contributed by atoms with Crippen LogP contribution in [0.2, 0.25) is 0 Å². The Morgan fingerprint density at radius 2 is 1.29 bits per heavy atom. The molecule has 5 heteroatoms. The summed E-state index contributed by atoms with van der Waals surface area (Å²) in [6, 6.07) is 0. The predicted octanol–water partition coefficient (Wildman–Crippen LogP) is -0.609. The topological polar surface area (TPSA) is 79.2 Å². The van der Waals surface area contributed by atoms with Gasteiger partial charge in [0.2, 0.25) is 0 Å². The van der Waals surface area contributed by atoms with Crippen LogP contribution in [0.1, 0.15) is 13.8 Å². The minimum absolute atomic E-state index is 0.0278. The van der Waals surface area contributed by atoms with Crippen molar-refractivity contribution in [2.24, 2.45) is 0 Å². The van der Waals surface area contributed by atoms with E-state index in [2.05, 4.69) is 4.74 Å². The van der Waals surface area contributed by atoms with Gasteiger partial charge >= 0.3 is 0 Å². The number of aliphatic hydroxyl groups excluding tert-OH is 3. The Morgan fingerprint density at radius 3 is 1.50 bits per heavy atom. The quantitative estimate of drug-likeness (QED) is 0.489. The third-order valence-electron chi connectivity index (χ3n) is 1.01. The SMILES string of the molecule is CC(C)OCCO.OCCOCCO. The summed E-state index contributed by atoms with van der Waals surface area (Å²) < 4.78 is 9.57. The predicted molar refractivity (Wildman–Crippen MR) is 53.2 cm³/mol. The summed E-state index contributed by atoms with van der Waals surface area (Å²) in [5.41, 5.74) is 0. The fourth-order valence-electron chi connectivity index (χ4n) is 0.520. The van der Waals surface area contributed by atoms with Crippen LogP contribution in [0.4, 0.5) is 0 Å². The van der Waals surface area contributed by atoms with E-state index in [1.54, 1.807) is 0 Å². The van der Waals surface area contributed by atoms with Crippen LogP contribution in [-0.4, -0.2) is 61.1 Å². The molecule has 0 saturated carbocycles. The first-order chi connectivity index (χ1) is 6.68. The first-order valence-corrected chi connectivity index (χ1v) is 4.71. The van der Waals surface area contributed by atoms with Gasteiger partial charge in [0, 0.05) is 0 Å². The molecule has 0 fully saturated rings. The van der Waals surface area contributed by atoms with Crippen molar-refractivity contribution in [3.05, 3.63) is 0 Å². The van der Waals surface area contributed by atoms with E-state index in [9.17, 15) is 0 Å².